The monoisotopic (exact) mass is 394 g/mol. The van der Waals surface area contributed by atoms with Crippen LogP contribution in [0.3, 0.4) is 0 Å². The first-order chi connectivity index (χ1) is 14.1. The van der Waals surface area contributed by atoms with Crippen LogP contribution < -0.4 is 15.3 Å². The lowest BCUT2D eigenvalue weighted by Gasteiger charge is -2.36. The molecule has 152 valence electrons. The summed E-state index contributed by atoms with van der Waals surface area (Å²) in [6, 6.07) is 13.2. The van der Waals surface area contributed by atoms with E-state index in [-0.39, 0.29) is 11.4 Å². The van der Waals surface area contributed by atoms with Crippen molar-refractivity contribution in [1.29, 1.82) is 0 Å². The minimum atomic E-state index is -0.384. The van der Waals surface area contributed by atoms with Crippen LogP contribution in [0.15, 0.2) is 51.7 Å². The maximum Gasteiger partial charge on any atom is 0.336 e. The third-order valence-electron chi connectivity index (χ3n) is 5.49. The van der Waals surface area contributed by atoms with Gasteiger partial charge in [0.25, 0.3) is 0 Å². The van der Waals surface area contributed by atoms with Gasteiger partial charge in [0.2, 0.25) is 0 Å². The van der Waals surface area contributed by atoms with Gasteiger partial charge >= 0.3 is 5.63 Å². The molecule has 3 aromatic rings. The van der Waals surface area contributed by atoms with Crippen molar-refractivity contribution in [2.75, 3.05) is 37.7 Å². The van der Waals surface area contributed by atoms with E-state index < -0.39 is 0 Å². The molecule has 0 aliphatic carbocycles. The van der Waals surface area contributed by atoms with E-state index in [1.807, 2.05) is 31.2 Å². The second-order valence-electron chi connectivity index (χ2n) is 7.34. The summed E-state index contributed by atoms with van der Waals surface area (Å²) in [7, 11) is 0. The molecule has 1 aromatic heterocycles. The number of phenols is 1. The Morgan fingerprint density at radius 2 is 1.86 bits per heavy atom. The number of benzene rings is 2. The van der Waals surface area contributed by atoms with Crippen molar-refractivity contribution < 1.29 is 14.3 Å². The zero-order valence-corrected chi connectivity index (χ0v) is 16.9. The van der Waals surface area contributed by atoms with Crippen LogP contribution in [-0.4, -0.2) is 42.8 Å². The Labute approximate surface area is 169 Å². The predicted molar refractivity (Wildman–Crippen MR) is 114 cm³/mol. The summed E-state index contributed by atoms with van der Waals surface area (Å²) in [5, 5.41) is 10.8. The van der Waals surface area contributed by atoms with E-state index in [2.05, 4.69) is 15.9 Å². The number of anilines is 1. The van der Waals surface area contributed by atoms with Gasteiger partial charge in [-0.1, -0.05) is 12.1 Å². The Balaban J connectivity index is 1.51. The molecule has 0 bridgehead atoms. The van der Waals surface area contributed by atoms with Gasteiger partial charge in [-0.3, -0.25) is 4.90 Å². The minimum absolute atomic E-state index is 0.138. The number of hydrogen-bond donors (Lipinski definition) is 1. The number of hydrogen-bond acceptors (Lipinski definition) is 6. The molecule has 1 N–H and O–H groups in total. The highest BCUT2D eigenvalue weighted by atomic mass is 16.5. The van der Waals surface area contributed by atoms with Gasteiger partial charge in [-0.2, -0.15) is 0 Å². The predicted octanol–water partition coefficient (Wildman–Crippen LogP) is 3.53. The molecule has 1 saturated heterocycles. The highest BCUT2D eigenvalue weighted by Crippen LogP contribution is 2.30. The van der Waals surface area contributed by atoms with Crippen LogP contribution >= 0.6 is 0 Å². The standard InChI is InChI=1S/C23H26N2O4/c1-3-28-21-7-5-4-6-19(21)25-12-10-24(11-13-25)15-17-14-22(27)29-23-16(2)20(26)9-8-18(17)23/h4-9,14,26H,3,10-13,15H2,1-2H3. The number of ether oxygens (including phenoxy) is 1. The molecule has 4 rings (SSSR count). The number of aromatic hydroxyl groups is 1. The lowest BCUT2D eigenvalue weighted by Crippen LogP contribution is -2.46. The molecule has 0 unspecified atom stereocenters. The van der Waals surface area contributed by atoms with Gasteiger partial charge in [0.15, 0.2) is 0 Å². The topological polar surface area (TPSA) is 66.2 Å². The zero-order chi connectivity index (χ0) is 20.4. The van der Waals surface area contributed by atoms with Gasteiger partial charge in [0.1, 0.15) is 17.1 Å². The first kappa shape index (κ1) is 19.3. The van der Waals surface area contributed by atoms with Crippen LogP contribution in [0.25, 0.3) is 11.0 Å². The number of para-hydroxylation sites is 2. The molecule has 0 amide bonds. The lowest BCUT2D eigenvalue weighted by molar-refractivity contribution is 0.249. The Kier molecular flexibility index (Phi) is 5.45. The number of rotatable bonds is 5. The highest BCUT2D eigenvalue weighted by molar-refractivity contribution is 5.84. The summed E-state index contributed by atoms with van der Waals surface area (Å²) in [6.45, 7) is 8.64. The molecular formula is C23H26N2O4. The summed E-state index contributed by atoms with van der Waals surface area (Å²) < 4.78 is 11.1. The average molecular weight is 394 g/mol. The maximum atomic E-state index is 12.1. The fourth-order valence-electron chi connectivity index (χ4n) is 3.93. The molecule has 2 heterocycles. The Hall–Kier alpha value is -2.99. The molecule has 6 heteroatoms. The SMILES string of the molecule is CCOc1ccccc1N1CCN(Cc2cc(=O)oc3c(C)c(O)ccc23)CC1. The van der Waals surface area contributed by atoms with Gasteiger partial charge in [0, 0.05) is 49.7 Å². The molecule has 0 saturated carbocycles. The van der Waals surface area contributed by atoms with Gasteiger partial charge < -0.3 is 19.2 Å². The van der Waals surface area contributed by atoms with Crippen LogP contribution in [0.5, 0.6) is 11.5 Å². The van der Waals surface area contributed by atoms with E-state index in [1.54, 1.807) is 19.1 Å². The molecular weight excluding hydrogens is 368 g/mol. The summed E-state index contributed by atoms with van der Waals surface area (Å²) >= 11 is 0. The largest absolute Gasteiger partial charge is 0.508 e. The van der Waals surface area contributed by atoms with Crippen molar-refractivity contribution in [3.63, 3.8) is 0 Å². The van der Waals surface area contributed by atoms with Crippen molar-refractivity contribution in [2.24, 2.45) is 0 Å². The fraction of sp³-hybridized carbons (Fsp3) is 0.348. The molecule has 0 atom stereocenters. The average Bonchev–Trinajstić information content (AvgIpc) is 2.72. The molecule has 29 heavy (non-hydrogen) atoms. The molecule has 1 aliphatic rings. The van der Waals surface area contributed by atoms with Crippen LogP contribution in [0.2, 0.25) is 0 Å². The molecule has 6 nitrogen and oxygen atoms in total. The zero-order valence-electron chi connectivity index (χ0n) is 16.9. The molecule has 1 aliphatic heterocycles. The first-order valence-corrected chi connectivity index (χ1v) is 10.0. The summed E-state index contributed by atoms with van der Waals surface area (Å²) in [4.78, 5) is 16.7. The Morgan fingerprint density at radius 3 is 2.62 bits per heavy atom. The van der Waals surface area contributed by atoms with Crippen molar-refractivity contribution in [1.82, 2.24) is 4.90 Å². The third kappa shape index (κ3) is 3.93. The second kappa shape index (κ2) is 8.17. The van der Waals surface area contributed by atoms with E-state index in [4.69, 9.17) is 9.15 Å². The quantitative estimate of drug-likeness (QED) is 0.668. The maximum absolute atomic E-state index is 12.1. The molecule has 0 spiro atoms. The number of nitrogens with zero attached hydrogens (tertiary/aromatic N) is 2. The van der Waals surface area contributed by atoms with Crippen LogP contribution in [-0.2, 0) is 6.54 Å². The third-order valence-corrected chi connectivity index (χ3v) is 5.49. The Bertz CT molecular complexity index is 1070. The van der Waals surface area contributed by atoms with Gasteiger partial charge in [-0.05, 0) is 43.7 Å². The molecule has 0 radical (unpaired) electrons. The minimum Gasteiger partial charge on any atom is -0.508 e. The van der Waals surface area contributed by atoms with E-state index in [9.17, 15) is 9.90 Å². The lowest BCUT2D eigenvalue weighted by atomic mass is 10.1. The summed E-state index contributed by atoms with van der Waals surface area (Å²) in [5.74, 6) is 1.06. The number of phenolic OH excluding ortho intramolecular Hbond substituents is 1. The molecule has 1 fully saturated rings. The fourth-order valence-corrected chi connectivity index (χ4v) is 3.93. The van der Waals surface area contributed by atoms with Crippen LogP contribution in [0, 0.1) is 6.92 Å². The second-order valence-corrected chi connectivity index (χ2v) is 7.34. The summed E-state index contributed by atoms with van der Waals surface area (Å²) in [6.07, 6.45) is 0. The van der Waals surface area contributed by atoms with Crippen molar-refractivity contribution >= 4 is 16.7 Å². The van der Waals surface area contributed by atoms with E-state index in [0.29, 0.717) is 24.3 Å². The van der Waals surface area contributed by atoms with Crippen LogP contribution in [0.4, 0.5) is 5.69 Å². The van der Waals surface area contributed by atoms with Gasteiger partial charge in [0.05, 0.1) is 12.3 Å². The number of piperazine rings is 1. The van der Waals surface area contributed by atoms with Gasteiger partial charge in [-0.15, -0.1) is 0 Å². The van der Waals surface area contributed by atoms with Crippen molar-refractivity contribution in [2.45, 2.75) is 20.4 Å². The number of fused-ring (bicyclic) bond motifs is 1. The van der Waals surface area contributed by atoms with E-state index in [1.165, 1.54) is 0 Å². The number of aryl methyl sites for hydroxylation is 1. The molecule has 2 aromatic carbocycles. The highest BCUT2D eigenvalue weighted by Gasteiger charge is 2.21. The van der Waals surface area contributed by atoms with Crippen molar-refractivity contribution in [3.8, 4) is 11.5 Å². The normalized spacial score (nSPS) is 15.0. The van der Waals surface area contributed by atoms with Crippen molar-refractivity contribution in [3.05, 3.63) is 64.0 Å². The first-order valence-electron chi connectivity index (χ1n) is 10.0. The Morgan fingerprint density at radius 1 is 1.10 bits per heavy atom. The smallest absolute Gasteiger partial charge is 0.336 e. The summed E-state index contributed by atoms with van der Waals surface area (Å²) in [5.41, 5.74) is 2.74. The van der Waals surface area contributed by atoms with Crippen LogP contribution in [0.1, 0.15) is 18.1 Å². The van der Waals surface area contributed by atoms with E-state index >= 15 is 0 Å². The van der Waals surface area contributed by atoms with Gasteiger partial charge in [-0.25, -0.2) is 4.79 Å². The van der Waals surface area contributed by atoms with E-state index in [0.717, 1.165) is 48.6 Å².